The number of H-pyrrole nitrogens is 1. The number of nitrogens with one attached hydrogen (secondary N) is 2. The molecule has 0 aliphatic rings. The second-order valence-electron chi connectivity index (χ2n) is 4.00. The van der Waals surface area contributed by atoms with Crippen molar-refractivity contribution in [2.75, 3.05) is 0 Å². The molecule has 19 heavy (non-hydrogen) atoms. The fourth-order valence-electron chi connectivity index (χ4n) is 1.73. The van der Waals surface area contributed by atoms with E-state index in [-0.39, 0.29) is 11.4 Å². The molecule has 0 aliphatic heterocycles. The smallest absolute Gasteiger partial charge is 0.241 e. The first-order valence-corrected chi connectivity index (χ1v) is 7.15. The lowest BCUT2D eigenvalue weighted by molar-refractivity contribution is 0.578. The molecule has 0 atom stereocenters. The van der Waals surface area contributed by atoms with Gasteiger partial charge in [0.25, 0.3) is 0 Å². The first-order valence-electron chi connectivity index (χ1n) is 5.67. The van der Waals surface area contributed by atoms with Gasteiger partial charge in [0.05, 0.1) is 11.4 Å². The molecule has 1 heterocycles. The monoisotopic (exact) mass is 281 g/mol. The van der Waals surface area contributed by atoms with Gasteiger partial charge in [-0.05, 0) is 24.1 Å². The standard InChI is InChI=1S/C11H15N5O2S/c1-8-9(5-12)3-2-4-10(8)19(17,18)15-6-11-13-7-14-16-11/h2-4,7,15H,5-6,12H2,1H3,(H,13,14,16). The highest BCUT2D eigenvalue weighted by Crippen LogP contribution is 2.18. The average molecular weight is 281 g/mol. The third-order valence-electron chi connectivity index (χ3n) is 2.80. The van der Waals surface area contributed by atoms with Crippen molar-refractivity contribution in [1.82, 2.24) is 19.9 Å². The predicted molar refractivity (Wildman–Crippen MR) is 69.5 cm³/mol. The Hall–Kier alpha value is -1.77. The van der Waals surface area contributed by atoms with Gasteiger partial charge in [0.1, 0.15) is 12.2 Å². The number of rotatable bonds is 5. The van der Waals surface area contributed by atoms with Gasteiger partial charge in [-0.15, -0.1) is 0 Å². The van der Waals surface area contributed by atoms with E-state index in [0.29, 0.717) is 17.9 Å². The molecule has 8 heteroatoms. The molecule has 0 bridgehead atoms. The number of nitrogens with zero attached hydrogens (tertiary/aromatic N) is 2. The van der Waals surface area contributed by atoms with Gasteiger partial charge in [-0.25, -0.2) is 18.1 Å². The van der Waals surface area contributed by atoms with E-state index in [2.05, 4.69) is 19.9 Å². The molecule has 102 valence electrons. The molecule has 2 aromatic rings. The second-order valence-corrected chi connectivity index (χ2v) is 5.74. The molecule has 0 amide bonds. The van der Waals surface area contributed by atoms with Crippen LogP contribution in [-0.4, -0.2) is 23.6 Å². The van der Waals surface area contributed by atoms with Gasteiger partial charge in [0, 0.05) is 6.54 Å². The molecule has 0 radical (unpaired) electrons. The van der Waals surface area contributed by atoms with Gasteiger partial charge in [-0.3, -0.25) is 5.10 Å². The summed E-state index contributed by atoms with van der Waals surface area (Å²) < 4.78 is 26.9. The topological polar surface area (TPSA) is 114 Å². The number of aromatic nitrogens is 3. The molecule has 0 spiro atoms. The zero-order valence-corrected chi connectivity index (χ0v) is 11.2. The summed E-state index contributed by atoms with van der Waals surface area (Å²) in [5.74, 6) is 0.455. The van der Waals surface area contributed by atoms with E-state index >= 15 is 0 Å². The van der Waals surface area contributed by atoms with Gasteiger partial charge in [-0.2, -0.15) is 5.10 Å². The summed E-state index contributed by atoms with van der Waals surface area (Å²) in [5.41, 5.74) is 7.05. The average Bonchev–Trinajstić information content (AvgIpc) is 2.90. The fraction of sp³-hybridized carbons (Fsp3) is 0.273. The maximum absolute atomic E-state index is 12.2. The summed E-state index contributed by atoms with van der Waals surface area (Å²) in [4.78, 5) is 4.09. The summed E-state index contributed by atoms with van der Waals surface area (Å²) in [7, 11) is -3.59. The first-order chi connectivity index (χ1) is 9.04. The van der Waals surface area contributed by atoms with Gasteiger partial charge in [0.15, 0.2) is 0 Å². The van der Waals surface area contributed by atoms with Crippen LogP contribution < -0.4 is 10.5 Å². The van der Waals surface area contributed by atoms with E-state index in [1.807, 2.05) is 6.07 Å². The van der Waals surface area contributed by atoms with Crippen LogP contribution in [0.2, 0.25) is 0 Å². The van der Waals surface area contributed by atoms with E-state index in [4.69, 9.17) is 5.73 Å². The van der Waals surface area contributed by atoms with E-state index in [1.54, 1.807) is 19.1 Å². The molecule has 2 rings (SSSR count). The zero-order chi connectivity index (χ0) is 13.9. The highest BCUT2D eigenvalue weighted by Gasteiger charge is 2.18. The van der Waals surface area contributed by atoms with Crippen molar-refractivity contribution < 1.29 is 8.42 Å². The van der Waals surface area contributed by atoms with E-state index in [1.165, 1.54) is 6.33 Å². The number of sulfonamides is 1. The minimum Gasteiger partial charge on any atom is -0.326 e. The minimum absolute atomic E-state index is 0.0641. The third-order valence-corrected chi connectivity index (χ3v) is 4.35. The van der Waals surface area contributed by atoms with Crippen molar-refractivity contribution in [3.63, 3.8) is 0 Å². The van der Waals surface area contributed by atoms with E-state index in [0.717, 1.165) is 5.56 Å². The van der Waals surface area contributed by atoms with Gasteiger partial charge >= 0.3 is 0 Å². The number of nitrogens with two attached hydrogens (primary N) is 1. The van der Waals surface area contributed by atoms with Crippen molar-refractivity contribution in [3.8, 4) is 0 Å². The molecular weight excluding hydrogens is 266 g/mol. The summed E-state index contributed by atoms with van der Waals surface area (Å²) in [6, 6.07) is 5.04. The van der Waals surface area contributed by atoms with Gasteiger partial charge in [0.2, 0.25) is 10.0 Å². The Balaban J connectivity index is 2.24. The van der Waals surface area contributed by atoms with Crippen molar-refractivity contribution in [2.45, 2.75) is 24.9 Å². The molecule has 0 saturated heterocycles. The molecular formula is C11H15N5O2S. The maximum Gasteiger partial charge on any atom is 0.241 e. The minimum atomic E-state index is -3.59. The van der Waals surface area contributed by atoms with Crippen LogP contribution in [0.4, 0.5) is 0 Å². The van der Waals surface area contributed by atoms with Crippen LogP contribution in [-0.2, 0) is 23.1 Å². The van der Waals surface area contributed by atoms with Crippen LogP contribution in [0.15, 0.2) is 29.4 Å². The molecule has 0 unspecified atom stereocenters. The Morgan fingerprint density at radius 2 is 2.21 bits per heavy atom. The summed E-state index contributed by atoms with van der Waals surface area (Å²) >= 11 is 0. The van der Waals surface area contributed by atoms with Crippen LogP contribution in [0.1, 0.15) is 17.0 Å². The molecule has 7 nitrogen and oxygen atoms in total. The first kappa shape index (κ1) is 13.7. The Morgan fingerprint density at radius 1 is 1.42 bits per heavy atom. The van der Waals surface area contributed by atoms with E-state index in [9.17, 15) is 8.42 Å². The second kappa shape index (κ2) is 5.47. The normalized spacial score (nSPS) is 11.7. The fourth-order valence-corrected chi connectivity index (χ4v) is 3.00. The molecule has 1 aromatic heterocycles. The maximum atomic E-state index is 12.2. The van der Waals surface area contributed by atoms with Gasteiger partial charge < -0.3 is 5.73 Å². The van der Waals surface area contributed by atoms with Crippen molar-refractivity contribution >= 4 is 10.0 Å². The summed E-state index contributed by atoms with van der Waals surface area (Å²) in [6.45, 7) is 2.11. The molecule has 1 aromatic carbocycles. The number of benzene rings is 1. The highest BCUT2D eigenvalue weighted by molar-refractivity contribution is 7.89. The van der Waals surface area contributed by atoms with Crippen LogP contribution in [0, 0.1) is 6.92 Å². The molecule has 0 aliphatic carbocycles. The van der Waals surface area contributed by atoms with Crippen molar-refractivity contribution in [3.05, 3.63) is 41.5 Å². The molecule has 4 N–H and O–H groups in total. The predicted octanol–water partition coefficient (Wildman–Crippen LogP) is 0.0503. The summed E-state index contributed by atoms with van der Waals surface area (Å²) in [6.07, 6.45) is 1.32. The Bertz CT molecular complexity index is 652. The number of hydrogen-bond donors (Lipinski definition) is 3. The third kappa shape index (κ3) is 2.98. The van der Waals surface area contributed by atoms with Crippen LogP contribution in [0.25, 0.3) is 0 Å². The van der Waals surface area contributed by atoms with Crippen LogP contribution >= 0.6 is 0 Å². The van der Waals surface area contributed by atoms with Crippen LogP contribution in [0.3, 0.4) is 0 Å². The Labute approximate surface area is 111 Å². The molecule has 0 fully saturated rings. The Morgan fingerprint density at radius 3 is 2.84 bits per heavy atom. The lowest BCUT2D eigenvalue weighted by Crippen LogP contribution is -2.25. The lowest BCUT2D eigenvalue weighted by Gasteiger charge is -2.11. The van der Waals surface area contributed by atoms with Gasteiger partial charge in [-0.1, -0.05) is 12.1 Å². The van der Waals surface area contributed by atoms with Crippen molar-refractivity contribution in [2.24, 2.45) is 5.73 Å². The highest BCUT2D eigenvalue weighted by atomic mass is 32.2. The largest absolute Gasteiger partial charge is 0.326 e. The summed E-state index contributed by atoms with van der Waals surface area (Å²) in [5, 5.41) is 6.24. The Kier molecular flexibility index (Phi) is 3.93. The number of hydrogen-bond acceptors (Lipinski definition) is 5. The van der Waals surface area contributed by atoms with Crippen LogP contribution in [0.5, 0.6) is 0 Å². The quantitative estimate of drug-likeness (QED) is 0.716. The zero-order valence-electron chi connectivity index (χ0n) is 10.4. The number of aromatic amines is 1. The van der Waals surface area contributed by atoms with Crippen molar-refractivity contribution in [1.29, 1.82) is 0 Å². The molecule has 0 saturated carbocycles. The lowest BCUT2D eigenvalue weighted by atomic mass is 10.1. The van der Waals surface area contributed by atoms with E-state index < -0.39 is 10.0 Å². The SMILES string of the molecule is Cc1c(CN)cccc1S(=O)(=O)NCc1ncn[nH]1.